The summed E-state index contributed by atoms with van der Waals surface area (Å²) in [6.07, 6.45) is 2.18. The Morgan fingerprint density at radius 2 is 2.00 bits per heavy atom. The van der Waals surface area contributed by atoms with Crippen LogP contribution < -0.4 is 0 Å². The van der Waals surface area contributed by atoms with E-state index in [-0.39, 0.29) is 5.57 Å². The van der Waals surface area contributed by atoms with Crippen LogP contribution in [0.1, 0.15) is 30.5 Å². The number of hydrogen-bond acceptors (Lipinski definition) is 1. The van der Waals surface area contributed by atoms with Gasteiger partial charge in [-0.2, -0.15) is 0 Å². The fraction of sp³-hybridized carbons (Fsp3) is 0.400. The minimum atomic E-state index is -0.941. The summed E-state index contributed by atoms with van der Waals surface area (Å²) in [6.45, 7) is 8.09. The highest BCUT2D eigenvalue weighted by atomic mass is 16.4. The molecule has 1 aliphatic rings. The highest BCUT2D eigenvalue weighted by Gasteiger charge is 2.24. The van der Waals surface area contributed by atoms with Crippen LogP contribution in [-0.2, 0) is 17.6 Å². The number of carbonyl (C=O) groups is 1. The van der Waals surface area contributed by atoms with Crippen LogP contribution in [0.5, 0.6) is 0 Å². The van der Waals surface area contributed by atoms with Crippen molar-refractivity contribution < 1.29 is 9.90 Å². The molecule has 0 unspecified atom stereocenters. The lowest BCUT2D eigenvalue weighted by Crippen LogP contribution is -2.07. The first kappa shape index (κ1) is 11.9. The maximum absolute atomic E-state index is 10.9. The summed E-state index contributed by atoms with van der Waals surface area (Å²) in [4.78, 5) is 10.9. The smallest absolute Gasteiger partial charge is 0.335 e. The van der Waals surface area contributed by atoms with E-state index in [1.54, 1.807) is 0 Å². The number of carboxylic acid groups (broad SMARTS) is 1. The fourth-order valence-corrected chi connectivity index (χ4v) is 2.43. The van der Waals surface area contributed by atoms with Gasteiger partial charge >= 0.3 is 5.97 Å². The molecule has 0 saturated heterocycles. The molecule has 1 aromatic carbocycles. The van der Waals surface area contributed by atoms with Crippen LogP contribution in [0.15, 0.2) is 24.8 Å². The number of benzene rings is 1. The number of rotatable bonds is 3. The van der Waals surface area contributed by atoms with Crippen LogP contribution in [0, 0.1) is 11.8 Å². The molecule has 1 N–H and O–H groups in total. The SMILES string of the molecule is C=C(C(=O)O)c1ccc2c(c1)C[C@H](C(C)C)C2. The minimum Gasteiger partial charge on any atom is -0.478 e. The van der Waals surface area contributed by atoms with Crippen LogP contribution >= 0.6 is 0 Å². The monoisotopic (exact) mass is 230 g/mol. The van der Waals surface area contributed by atoms with E-state index in [1.807, 2.05) is 12.1 Å². The van der Waals surface area contributed by atoms with E-state index in [9.17, 15) is 4.79 Å². The number of carboxylic acids is 1. The average Bonchev–Trinajstić information content (AvgIpc) is 2.70. The van der Waals surface area contributed by atoms with E-state index < -0.39 is 5.97 Å². The van der Waals surface area contributed by atoms with Gasteiger partial charge in [-0.15, -0.1) is 0 Å². The van der Waals surface area contributed by atoms with E-state index >= 15 is 0 Å². The molecule has 90 valence electrons. The lowest BCUT2D eigenvalue weighted by Gasteiger charge is -2.12. The first-order valence-electron chi connectivity index (χ1n) is 6.03. The Labute approximate surface area is 102 Å². The van der Waals surface area contributed by atoms with Gasteiger partial charge in [0.1, 0.15) is 0 Å². The highest BCUT2D eigenvalue weighted by Crippen LogP contribution is 2.32. The largest absolute Gasteiger partial charge is 0.478 e. The summed E-state index contributed by atoms with van der Waals surface area (Å²) >= 11 is 0. The van der Waals surface area contributed by atoms with Gasteiger partial charge in [-0.25, -0.2) is 4.79 Å². The predicted molar refractivity (Wildman–Crippen MR) is 68.8 cm³/mol. The van der Waals surface area contributed by atoms with E-state index in [2.05, 4.69) is 26.5 Å². The highest BCUT2D eigenvalue weighted by molar-refractivity contribution is 6.14. The van der Waals surface area contributed by atoms with Crippen molar-refractivity contribution in [1.82, 2.24) is 0 Å². The third-order valence-corrected chi connectivity index (χ3v) is 3.72. The Hall–Kier alpha value is -1.57. The maximum Gasteiger partial charge on any atom is 0.335 e. The number of aliphatic carboxylic acids is 1. The Balaban J connectivity index is 2.27. The van der Waals surface area contributed by atoms with Crippen molar-refractivity contribution in [3.63, 3.8) is 0 Å². The second-order valence-corrected chi connectivity index (χ2v) is 5.18. The molecule has 1 aromatic rings. The predicted octanol–water partition coefficient (Wildman–Crippen LogP) is 3.16. The summed E-state index contributed by atoms with van der Waals surface area (Å²) in [7, 11) is 0. The molecule has 2 nitrogen and oxygen atoms in total. The Morgan fingerprint density at radius 1 is 1.35 bits per heavy atom. The van der Waals surface area contributed by atoms with Crippen LogP contribution in [0.25, 0.3) is 5.57 Å². The zero-order chi connectivity index (χ0) is 12.6. The van der Waals surface area contributed by atoms with Gasteiger partial charge in [-0.05, 0) is 41.4 Å². The third-order valence-electron chi connectivity index (χ3n) is 3.72. The molecule has 0 heterocycles. The quantitative estimate of drug-likeness (QED) is 0.810. The zero-order valence-corrected chi connectivity index (χ0v) is 10.4. The topological polar surface area (TPSA) is 37.3 Å². The molecule has 0 fully saturated rings. The molecule has 0 amide bonds. The van der Waals surface area contributed by atoms with Crippen molar-refractivity contribution in [2.75, 3.05) is 0 Å². The molecule has 0 radical (unpaired) electrons. The lowest BCUT2D eigenvalue weighted by molar-refractivity contribution is -0.130. The van der Waals surface area contributed by atoms with Crippen molar-refractivity contribution in [2.45, 2.75) is 26.7 Å². The Bertz CT molecular complexity index is 472. The van der Waals surface area contributed by atoms with Crippen LogP contribution in [0.4, 0.5) is 0 Å². The Kier molecular flexibility index (Phi) is 3.05. The fourth-order valence-electron chi connectivity index (χ4n) is 2.43. The van der Waals surface area contributed by atoms with Gasteiger partial charge in [-0.3, -0.25) is 0 Å². The second kappa shape index (κ2) is 4.36. The van der Waals surface area contributed by atoms with Gasteiger partial charge in [0.2, 0.25) is 0 Å². The molecule has 0 saturated carbocycles. The molecular weight excluding hydrogens is 212 g/mol. The van der Waals surface area contributed by atoms with E-state index in [4.69, 9.17) is 5.11 Å². The molecule has 0 aromatic heterocycles. The normalized spacial score (nSPS) is 18.2. The van der Waals surface area contributed by atoms with Crippen molar-refractivity contribution in [3.8, 4) is 0 Å². The molecule has 2 heteroatoms. The van der Waals surface area contributed by atoms with Crippen LogP contribution in [0.3, 0.4) is 0 Å². The summed E-state index contributed by atoms with van der Waals surface area (Å²) in [5.41, 5.74) is 3.58. The summed E-state index contributed by atoms with van der Waals surface area (Å²) in [5.74, 6) is 0.426. The second-order valence-electron chi connectivity index (χ2n) is 5.18. The van der Waals surface area contributed by atoms with Crippen molar-refractivity contribution in [3.05, 3.63) is 41.5 Å². The molecule has 17 heavy (non-hydrogen) atoms. The van der Waals surface area contributed by atoms with Crippen molar-refractivity contribution >= 4 is 11.5 Å². The number of hydrogen-bond donors (Lipinski definition) is 1. The van der Waals surface area contributed by atoms with Gasteiger partial charge in [0, 0.05) is 0 Å². The van der Waals surface area contributed by atoms with Gasteiger partial charge in [0.15, 0.2) is 0 Å². The minimum absolute atomic E-state index is 0.181. The molecule has 0 aliphatic heterocycles. The molecule has 0 bridgehead atoms. The lowest BCUT2D eigenvalue weighted by atomic mass is 9.93. The van der Waals surface area contributed by atoms with E-state index in [1.165, 1.54) is 11.1 Å². The standard InChI is InChI=1S/C15H18O2/c1-9(2)13-7-12-5-4-11(6-14(12)8-13)10(3)15(16)17/h4-6,9,13H,3,7-8H2,1-2H3,(H,16,17)/t13-/m1/s1. The van der Waals surface area contributed by atoms with Gasteiger partial charge in [0.05, 0.1) is 5.57 Å². The maximum atomic E-state index is 10.9. The third kappa shape index (κ3) is 2.26. The first-order chi connectivity index (χ1) is 7.99. The Morgan fingerprint density at radius 3 is 2.59 bits per heavy atom. The number of fused-ring (bicyclic) bond motifs is 1. The molecule has 1 atom stereocenters. The molecule has 0 spiro atoms. The van der Waals surface area contributed by atoms with Gasteiger partial charge < -0.3 is 5.11 Å². The zero-order valence-electron chi connectivity index (χ0n) is 10.4. The van der Waals surface area contributed by atoms with Crippen molar-refractivity contribution in [1.29, 1.82) is 0 Å². The van der Waals surface area contributed by atoms with Crippen LogP contribution in [-0.4, -0.2) is 11.1 Å². The van der Waals surface area contributed by atoms with Crippen molar-refractivity contribution in [2.24, 2.45) is 11.8 Å². The summed E-state index contributed by atoms with van der Waals surface area (Å²) in [6, 6.07) is 5.92. The molecule has 1 aliphatic carbocycles. The first-order valence-corrected chi connectivity index (χ1v) is 6.03. The van der Waals surface area contributed by atoms with Gasteiger partial charge in [-0.1, -0.05) is 38.6 Å². The summed E-state index contributed by atoms with van der Waals surface area (Å²) in [5, 5.41) is 8.92. The molecular formula is C15H18O2. The van der Waals surface area contributed by atoms with Gasteiger partial charge in [0.25, 0.3) is 0 Å². The summed E-state index contributed by atoms with van der Waals surface area (Å²) < 4.78 is 0. The molecule has 2 rings (SSSR count). The average molecular weight is 230 g/mol. The van der Waals surface area contributed by atoms with E-state index in [0.29, 0.717) is 11.8 Å². The van der Waals surface area contributed by atoms with E-state index in [0.717, 1.165) is 18.4 Å². The van der Waals surface area contributed by atoms with Crippen LogP contribution in [0.2, 0.25) is 0 Å².